The van der Waals surface area contributed by atoms with Crippen molar-refractivity contribution in [3.8, 4) is 10.4 Å². The number of aliphatic imine (C=N–C) groups is 1. The van der Waals surface area contributed by atoms with Gasteiger partial charge in [0, 0.05) is 18.5 Å². The molecule has 0 spiro atoms. The highest BCUT2D eigenvalue weighted by Gasteiger charge is 2.45. The Labute approximate surface area is 199 Å². The Hall–Kier alpha value is -2.33. The van der Waals surface area contributed by atoms with Crippen molar-refractivity contribution in [1.29, 1.82) is 0 Å². The van der Waals surface area contributed by atoms with E-state index < -0.39 is 11.8 Å². The zero-order valence-corrected chi connectivity index (χ0v) is 20.9. The lowest BCUT2D eigenvalue weighted by molar-refractivity contribution is -0.136. The van der Waals surface area contributed by atoms with Gasteiger partial charge in [-0.25, -0.2) is 20.3 Å². The van der Waals surface area contributed by atoms with Crippen LogP contribution < -0.4 is 10.8 Å². The Bertz CT molecular complexity index is 1050. The van der Waals surface area contributed by atoms with E-state index in [1.54, 1.807) is 23.3 Å². The molecular formula is C24H33N5O3S. The highest BCUT2D eigenvalue weighted by atomic mass is 32.1. The van der Waals surface area contributed by atoms with Gasteiger partial charge in [0.05, 0.1) is 34.3 Å². The summed E-state index contributed by atoms with van der Waals surface area (Å²) in [6.07, 6.45) is -0.184. The molecule has 3 N–H and O–H groups in total. The van der Waals surface area contributed by atoms with Crippen LogP contribution in [0.2, 0.25) is 0 Å². The predicted octanol–water partition coefficient (Wildman–Crippen LogP) is 2.82. The van der Waals surface area contributed by atoms with Crippen LogP contribution in [0.1, 0.15) is 45.4 Å². The van der Waals surface area contributed by atoms with Gasteiger partial charge in [-0.2, -0.15) is 0 Å². The van der Waals surface area contributed by atoms with Crippen molar-refractivity contribution in [3.05, 3.63) is 41.0 Å². The molecule has 0 aliphatic carbocycles. The third-order valence-electron chi connectivity index (χ3n) is 6.40. The van der Waals surface area contributed by atoms with Crippen LogP contribution in [0.3, 0.4) is 0 Å². The van der Waals surface area contributed by atoms with E-state index in [0.29, 0.717) is 12.3 Å². The number of aliphatic hydroxyl groups is 1. The number of nitrogens with zero attached hydrogens (tertiary/aromatic N) is 3. The number of amidine groups is 1. The van der Waals surface area contributed by atoms with Gasteiger partial charge in [0.25, 0.3) is 0 Å². The van der Waals surface area contributed by atoms with Gasteiger partial charge in [-0.15, -0.1) is 11.3 Å². The van der Waals surface area contributed by atoms with Crippen LogP contribution in [0.25, 0.3) is 10.4 Å². The van der Waals surface area contributed by atoms with E-state index in [2.05, 4.69) is 15.8 Å². The van der Waals surface area contributed by atoms with Gasteiger partial charge in [0.1, 0.15) is 5.84 Å². The number of carbonyl (C=O) groups is 1. The zero-order chi connectivity index (χ0) is 24.0. The van der Waals surface area contributed by atoms with Gasteiger partial charge in [-0.3, -0.25) is 4.79 Å². The summed E-state index contributed by atoms with van der Waals surface area (Å²) in [5, 5.41) is 13.5. The molecule has 1 aromatic heterocycles. The molecule has 2 aromatic rings. The number of hydrogen-bond acceptors (Lipinski definition) is 8. The quantitative estimate of drug-likeness (QED) is 0.620. The molecule has 4 atom stereocenters. The van der Waals surface area contributed by atoms with E-state index in [-0.39, 0.29) is 30.0 Å². The second-order valence-electron chi connectivity index (χ2n) is 10.0. The van der Waals surface area contributed by atoms with E-state index >= 15 is 0 Å². The third-order valence-corrected chi connectivity index (χ3v) is 7.37. The number of thiazole rings is 1. The molecule has 1 saturated heterocycles. The zero-order valence-electron chi connectivity index (χ0n) is 20.0. The van der Waals surface area contributed by atoms with Crippen molar-refractivity contribution in [1.82, 2.24) is 20.7 Å². The maximum atomic E-state index is 13.4. The van der Waals surface area contributed by atoms with Crippen molar-refractivity contribution in [2.45, 2.75) is 65.0 Å². The lowest BCUT2D eigenvalue weighted by atomic mass is 9.86. The monoisotopic (exact) mass is 471 g/mol. The summed E-state index contributed by atoms with van der Waals surface area (Å²) in [6, 6.07) is 7.37. The van der Waals surface area contributed by atoms with Crippen LogP contribution in [0, 0.1) is 12.3 Å². The number of likely N-dealkylation sites (N-methyl/N-ethyl adjacent to an activating group) is 1. The largest absolute Gasteiger partial charge is 0.391 e. The number of β-amino-alcohol motifs (C(OH)–C–C–N with tert-alkyl or cyclic N) is 1. The minimum Gasteiger partial charge on any atom is -0.391 e. The van der Waals surface area contributed by atoms with E-state index in [1.807, 2.05) is 64.4 Å². The van der Waals surface area contributed by atoms with E-state index in [4.69, 9.17) is 9.83 Å². The summed E-state index contributed by atoms with van der Waals surface area (Å²) in [7, 11) is 1.79. The van der Waals surface area contributed by atoms with Crippen LogP contribution in [-0.4, -0.2) is 58.5 Å². The normalized spacial score (nSPS) is 26.3. The fraction of sp³-hybridized carbons (Fsp3) is 0.542. The second-order valence-corrected chi connectivity index (χ2v) is 10.9. The fourth-order valence-electron chi connectivity index (χ4n) is 4.61. The van der Waals surface area contributed by atoms with Crippen LogP contribution in [0.4, 0.5) is 0 Å². The molecule has 1 unspecified atom stereocenters. The van der Waals surface area contributed by atoms with Gasteiger partial charge in [0.15, 0.2) is 0 Å². The molecule has 3 heterocycles. The Balaban J connectivity index is 1.58. The molecule has 0 bridgehead atoms. The van der Waals surface area contributed by atoms with Crippen LogP contribution in [0.15, 0.2) is 34.8 Å². The Morgan fingerprint density at radius 2 is 2.06 bits per heavy atom. The maximum Gasteiger partial charge on any atom is 0.240 e. The van der Waals surface area contributed by atoms with Crippen molar-refractivity contribution < 1.29 is 14.7 Å². The van der Waals surface area contributed by atoms with Gasteiger partial charge in [0.2, 0.25) is 11.6 Å². The smallest absolute Gasteiger partial charge is 0.240 e. The number of hydroxylamine groups is 1. The first kappa shape index (κ1) is 23.8. The molecule has 1 fully saturated rings. The van der Waals surface area contributed by atoms with E-state index in [1.165, 1.54) is 0 Å². The molecule has 1 aromatic carbocycles. The first-order valence-electron chi connectivity index (χ1n) is 11.2. The van der Waals surface area contributed by atoms with E-state index in [9.17, 15) is 9.90 Å². The Morgan fingerprint density at radius 1 is 1.36 bits per heavy atom. The summed E-state index contributed by atoms with van der Waals surface area (Å²) < 4.78 is 0. The average Bonchev–Trinajstić information content (AvgIpc) is 3.46. The molecule has 4 rings (SSSR count). The number of amides is 1. The summed E-state index contributed by atoms with van der Waals surface area (Å²) in [5.41, 5.74) is 6.63. The highest BCUT2D eigenvalue weighted by Crippen LogP contribution is 2.35. The number of likely N-dealkylation sites (tertiary alicyclic amines) is 1. The lowest BCUT2D eigenvalue weighted by Gasteiger charge is -2.34. The van der Waals surface area contributed by atoms with Gasteiger partial charge >= 0.3 is 0 Å². The standard InChI is InChI=1S/C24H33N5O3S/c1-14-19(33-13-26-14)15-7-9-16(10-8-15)24(5)27-21(28-32-24)18-11-17(30)12-29(18)22(31)20(25-6)23(2,3)4/h7-10,13,17-18,20,25,30H,11-12H2,1-6H3,(H,27,28)/t17-,18+,20-,24?/m1/s1. The first-order valence-corrected chi connectivity index (χ1v) is 12.1. The summed E-state index contributed by atoms with van der Waals surface area (Å²) >= 11 is 1.62. The van der Waals surface area contributed by atoms with Crippen LogP contribution in [-0.2, 0) is 15.4 Å². The molecule has 1 amide bonds. The number of nitrogens with one attached hydrogen (secondary N) is 2. The molecular weight excluding hydrogens is 438 g/mol. The topological polar surface area (TPSA) is 99.1 Å². The lowest BCUT2D eigenvalue weighted by Crippen LogP contribution is -2.55. The summed E-state index contributed by atoms with van der Waals surface area (Å²) in [6.45, 7) is 10.2. The number of aliphatic hydroxyl groups excluding tert-OH is 1. The highest BCUT2D eigenvalue weighted by molar-refractivity contribution is 7.13. The maximum absolute atomic E-state index is 13.4. The van der Waals surface area contributed by atoms with Crippen LogP contribution >= 0.6 is 11.3 Å². The molecule has 8 nitrogen and oxygen atoms in total. The van der Waals surface area contributed by atoms with Crippen LogP contribution in [0.5, 0.6) is 0 Å². The van der Waals surface area contributed by atoms with Gasteiger partial charge in [-0.1, -0.05) is 45.0 Å². The van der Waals surface area contributed by atoms with Crippen molar-refractivity contribution in [3.63, 3.8) is 0 Å². The molecule has 0 radical (unpaired) electrons. The molecule has 178 valence electrons. The fourth-order valence-corrected chi connectivity index (χ4v) is 5.42. The Kier molecular flexibility index (Phi) is 6.34. The molecule has 2 aliphatic rings. The number of rotatable bonds is 5. The van der Waals surface area contributed by atoms with E-state index in [0.717, 1.165) is 21.7 Å². The number of aromatic nitrogens is 1. The van der Waals surface area contributed by atoms with Crippen molar-refractivity contribution in [2.75, 3.05) is 13.6 Å². The number of aryl methyl sites for hydroxylation is 1. The second kappa shape index (κ2) is 8.79. The predicted molar refractivity (Wildman–Crippen MR) is 130 cm³/mol. The minimum atomic E-state index is -0.925. The summed E-state index contributed by atoms with van der Waals surface area (Å²) in [5.74, 6) is 0.516. The molecule has 0 saturated carbocycles. The van der Waals surface area contributed by atoms with Gasteiger partial charge < -0.3 is 15.3 Å². The average molecular weight is 472 g/mol. The summed E-state index contributed by atoms with van der Waals surface area (Å²) in [4.78, 5) is 31.3. The Morgan fingerprint density at radius 3 is 2.64 bits per heavy atom. The molecule has 2 aliphatic heterocycles. The third kappa shape index (κ3) is 4.55. The van der Waals surface area contributed by atoms with Crippen molar-refractivity contribution >= 4 is 23.1 Å². The number of hydrogen-bond donors (Lipinski definition) is 3. The molecule has 9 heteroatoms. The number of benzene rings is 1. The minimum absolute atomic E-state index is 0.0473. The van der Waals surface area contributed by atoms with Gasteiger partial charge in [-0.05, 0) is 31.9 Å². The molecule has 33 heavy (non-hydrogen) atoms. The van der Waals surface area contributed by atoms with Crippen molar-refractivity contribution in [2.24, 2.45) is 10.4 Å². The first-order chi connectivity index (χ1) is 15.5. The number of carbonyl (C=O) groups excluding carboxylic acids is 1. The SMILES string of the molecule is CN[C@H](C(=O)N1C[C@H](O)C[C@H]1C1=NC(C)(c2ccc(-c3scnc3C)cc2)ON1)C(C)(C)C.